The number of carbonyl (C=O) groups is 1. The van der Waals surface area contributed by atoms with Crippen LogP contribution in [0.25, 0.3) is 10.6 Å². The van der Waals surface area contributed by atoms with Crippen LogP contribution in [0.4, 0.5) is 0 Å². The highest BCUT2D eigenvalue weighted by atomic mass is 35.5. The molecule has 5 heteroatoms. The highest BCUT2D eigenvalue weighted by molar-refractivity contribution is 7.15. The van der Waals surface area contributed by atoms with Crippen molar-refractivity contribution < 1.29 is 9.53 Å². The molecule has 0 saturated heterocycles. The molecule has 0 N–H and O–H groups in total. The summed E-state index contributed by atoms with van der Waals surface area (Å²) in [4.78, 5) is 16.6. The highest BCUT2D eigenvalue weighted by Gasteiger charge is 2.16. The van der Waals surface area contributed by atoms with Crippen LogP contribution in [0.15, 0.2) is 24.3 Å². The fourth-order valence-corrected chi connectivity index (χ4v) is 2.52. The molecule has 0 unspecified atom stereocenters. The molecule has 0 bridgehead atoms. The van der Waals surface area contributed by atoms with E-state index >= 15 is 0 Å². The molecule has 0 fully saturated rings. The van der Waals surface area contributed by atoms with Crippen LogP contribution in [0.5, 0.6) is 0 Å². The van der Waals surface area contributed by atoms with Crippen LogP contribution in [0.2, 0.25) is 5.02 Å². The summed E-state index contributed by atoms with van der Waals surface area (Å²) in [5.74, 6) is -0.410. The summed E-state index contributed by atoms with van der Waals surface area (Å²) in [6.07, 6.45) is 0. The third kappa shape index (κ3) is 2.48. The Morgan fingerprint density at radius 3 is 2.88 bits per heavy atom. The minimum Gasteiger partial charge on any atom is -0.464 e. The fraction of sp³-hybridized carbons (Fsp3) is 0.167. The number of rotatable bonds is 2. The van der Waals surface area contributed by atoms with Crippen LogP contribution in [0.3, 0.4) is 0 Å². The number of ether oxygens (including phenoxy) is 1. The van der Waals surface area contributed by atoms with E-state index in [1.165, 1.54) is 18.4 Å². The van der Waals surface area contributed by atoms with E-state index in [1.54, 1.807) is 6.07 Å². The Bertz CT molecular complexity index is 565. The molecular formula is C12H10ClNO2S. The van der Waals surface area contributed by atoms with Crippen molar-refractivity contribution in [1.82, 2.24) is 4.98 Å². The zero-order valence-electron chi connectivity index (χ0n) is 9.36. The first kappa shape index (κ1) is 12.1. The predicted molar refractivity (Wildman–Crippen MR) is 68.6 cm³/mol. The average molecular weight is 268 g/mol. The lowest BCUT2D eigenvalue weighted by Crippen LogP contribution is -2.03. The number of hydrogen-bond acceptors (Lipinski definition) is 4. The van der Waals surface area contributed by atoms with Gasteiger partial charge in [0.05, 0.1) is 7.11 Å². The molecule has 17 heavy (non-hydrogen) atoms. The number of halogens is 1. The zero-order valence-corrected chi connectivity index (χ0v) is 10.9. The van der Waals surface area contributed by atoms with Crippen molar-refractivity contribution in [1.29, 1.82) is 0 Å². The van der Waals surface area contributed by atoms with Gasteiger partial charge in [-0.15, -0.1) is 11.3 Å². The number of aryl methyl sites for hydroxylation is 1. The maximum atomic E-state index is 11.4. The topological polar surface area (TPSA) is 39.2 Å². The highest BCUT2D eigenvalue weighted by Crippen LogP contribution is 2.29. The second-order valence-corrected chi connectivity index (χ2v) is 5.07. The molecule has 2 rings (SSSR count). The summed E-state index contributed by atoms with van der Waals surface area (Å²) in [5, 5.41) is 1.42. The largest absolute Gasteiger partial charge is 0.464 e. The van der Waals surface area contributed by atoms with E-state index in [2.05, 4.69) is 9.72 Å². The van der Waals surface area contributed by atoms with Crippen molar-refractivity contribution in [2.45, 2.75) is 6.92 Å². The van der Waals surface area contributed by atoms with E-state index in [4.69, 9.17) is 11.6 Å². The number of esters is 1. The molecule has 3 nitrogen and oxygen atoms in total. The zero-order chi connectivity index (χ0) is 12.4. The third-order valence-electron chi connectivity index (χ3n) is 2.25. The van der Waals surface area contributed by atoms with E-state index < -0.39 is 5.97 Å². The van der Waals surface area contributed by atoms with Crippen LogP contribution >= 0.6 is 22.9 Å². The summed E-state index contributed by atoms with van der Waals surface area (Å²) < 4.78 is 4.67. The van der Waals surface area contributed by atoms with E-state index in [0.29, 0.717) is 10.7 Å². The van der Waals surface area contributed by atoms with Crippen molar-refractivity contribution in [3.8, 4) is 10.6 Å². The molecule has 0 radical (unpaired) electrons. The average Bonchev–Trinajstić information content (AvgIpc) is 2.70. The summed E-state index contributed by atoms with van der Waals surface area (Å²) in [7, 11) is 1.35. The van der Waals surface area contributed by atoms with Gasteiger partial charge in [0.15, 0.2) is 5.69 Å². The molecule has 1 aromatic carbocycles. The third-order valence-corrected chi connectivity index (χ3v) is 3.50. The van der Waals surface area contributed by atoms with Crippen LogP contribution in [-0.4, -0.2) is 18.1 Å². The molecule has 0 saturated carbocycles. The van der Waals surface area contributed by atoms with Gasteiger partial charge in [-0.05, 0) is 19.1 Å². The van der Waals surface area contributed by atoms with Gasteiger partial charge in [-0.25, -0.2) is 9.78 Å². The first-order chi connectivity index (χ1) is 8.11. The van der Waals surface area contributed by atoms with Gasteiger partial charge in [-0.3, -0.25) is 0 Å². The first-order valence-electron chi connectivity index (χ1n) is 4.93. The Hall–Kier alpha value is -1.39. The Balaban J connectivity index is 2.44. The number of carbonyl (C=O) groups excluding carboxylic acids is 1. The van der Waals surface area contributed by atoms with Crippen molar-refractivity contribution in [3.05, 3.63) is 39.9 Å². The molecule has 0 atom stereocenters. The van der Waals surface area contributed by atoms with E-state index in [9.17, 15) is 4.79 Å². The Morgan fingerprint density at radius 1 is 1.47 bits per heavy atom. The molecular weight excluding hydrogens is 258 g/mol. The maximum Gasteiger partial charge on any atom is 0.357 e. The predicted octanol–water partition coefficient (Wildman–Crippen LogP) is 3.56. The monoisotopic (exact) mass is 267 g/mol. The second-order valence-electron chi connectivity index (χ2n) is 3.43. The second kappa shape index (κ2) is 4.85. The van der Waals surface area contributed by atoms with Gasteiger partial charge in [0.2, 0.25) is 0 Å². The van der Waals surface area contributed by atoms with Crippen LogP contribution in [-0.2, 0) is 4.74 Å². The standard InChI is InChI=1S/C12H10ClNO2S/c1-7-10(12(15)16-2)14-11(17-7)8-4-3-5-9(13)6-8/h3-6H,1-2H3. The summed E-state index contributed by atoms with van der Waals surface area (Å²) in [5.41, 5.74) is 1.27. The van der Waals surface area contributed by atoms with Crippen LogP contribution < -0.4 is 0 Å². The number of nitrogens with zero attached hydrogens (tertiary/aromatic N) is 1. The minimum atomic E-state index is -0.410. The number of thiazole rings is 1. The van der Waals surface area contributed by atoms with Crippen molar-refractivity contribution in [2.75, 3.05) is 7.11 Å². The van der Waals surface area contributed by atoms with Gasteiger partial charge in [0.25, 0.3) is 0 Å². The van der Waals surface area contributed by atoms with E-state index in [0.717, 1.165) is 15.4 Å². The maximum absolute atomic E-state index is 11.4. The van der Waals surface area contributed by atoms with Crippen molar-refractivity contribution >= 4 is 28.9 Å². The van der Waals surface area contributed by atoms with Gasteiger partial charge in [-0.1, -0.05) is 23.7 Å². The van der Waals surface area contributed by atoms with Crippen molar-refractivity contribution in [3.63, 3.8) is 0 Å². The van der Waals surface area contributed by atoms with E-state index in [1.807, 2.05) is 25.1 Å². The molecule has 0 aliphatic rings. The smallest absolute Gasteiger partial charge is 0.357 e. The number of aromatic nitrogens is 1. The number of hydrogen-bond donors (Lipinski definition) is 0. The van der Waals surface area contributed by atoms with Gasteiger partial charge in [0.1, 0.15) is 5.01 Å². The Labute approximate surface area is 108 Å². The normalized spacial score (nSPS) is 10.3. The summed E-state index contributed by atoms with van der Waals surface area (Å²) in [6.45, 7) is 1.85. The lowest BCUT2D eigenvalue weighted by Gasteiger charge is -1.96. The first-order valence-corrected chi connectivity index (χ1v) is 6.13. The minimum absolute atomic E-state index is 0.368. The Morgan fingerprint density at radius 2 is 2.24 bits per heavy atom. The van der Waals surface area contributed by atoms with Gasteiger partial charge in [-0.2, -0.15) is 0 Å². The fourth-order valence-electron chi connectivity index (χ4n) is 1.43. The lowest BCUT2D eigenvalue weighted by molar-refractivity contribution is 0.0594. The molecule has 0 amide bonds. The van der Waals surface area contributed by atoms with Gasteiger partial charge in [0, 0.05) is 15.5 Å². The number of methoxy groups -OCH3 is 1. The van der Waals surface area contributed by atoms with E-state index in [-0.39, 0.29) is 0 Å². The SMILES string of the molecule is COC(=O)c1nc(-c2cccc(Cl)c2)sc1C. The van der Waals surface area contributed by atoms with Crippen LogP contribution in [0, 0.1) is 6.92 Å². The number of benzene rings is 1. The summed E-state index contributed by atoms with van der Waals surface area (Å²) in [6, 6.07) is 7.38. The van der Waals surface area contributed by atoms with Crippen molar-refractivity contribution in [2.24, 2.45) is 0 Å². The summed E-state index contributed by atoms with van der Waals surface area (Å²) >= 11 is 7.37. The van der Waals surface area contributed by atoms with Gasteiger partial charge < -0.3 is 4.74 Å². The molecule has 0 aliphatic heterocycles. The molecule has 1 aromatic heterocycles. The molecule has 2 aromatic rings. The Kier molecular flexibility index (Phi) is 3.45. The lowest BCUT2D eigenvalue weighted by atomic mass is 10.2. The quantitative estimate of drug-likeness (QED) is 0.781. The molecule has 0 spiro atoms. The molecule has 0 aliphatic carbocycles. The molecule has 88 valence electrons. The van der Waals surface area contributed by atoms with Gasteiger partial charge >= 0.3 is 5.97 Å². The van der Waals surface area contributed by atoms with Crippen LogP contribution in [0.1, 0.15) is 15.4 Å². The molecule has 1 heterocycles.